The van der Waals surface area contributed by atoms with Crippen molar-refractivity contribution in [1.82, 2.24) is 14.8 Å². The van der Waals surface area contributed by atoms with Crippen molar-refractivity contribution in [3.63, 3.8) is 0 Å². The lowest BCUT2D eigenvalue weighted by atomic mass is 10.1. The second kappa shape index (κ2) is 3.87. The first-order chi connectivity index (χ1) is 8.27. The highest BCUT2D eigenvalue weighted by atomic mass is 16.5. The van der Waals surface area contributed by atoms with Crippen LogP contribution in [-0.4, -0.2) is 21.4 Å². The molecule has 88 valence electrons. The largest absolute Gasteiger partial charge is 0.492 e. The highest BCUT2D eigenvalue weighted by molar-refractivity contribution is 5.67. The molecule has 0 unspecified atom stereocenters. The standard InChI is InChI=1S/C13H15N3O/c1-9(2)16-13(14-8-15-16)11-5-3-4-10-6-7-17-12(10)11/h3-5,8-9H,6-7H2,1-2H3. The van der Waals surface area contributed by atoms with Crippen molar-refractivity contribution < 1.29 is 4.74 Å². The van der Waals surface area contributed by atoms with Gasteiger partial charge in [0.15, 0.2) is 5.82 Å². The van der Waals surface area contributed by atoms with Gasteiger partial charge < -0.3 is 4.74 Å². The Labute approximate surface area is 100 Å². The van der Waals surface area contributed by atoms with Gasteiger partial charge in [0.2, 0.25) is 0 Å². The number of hydrogen-bond acceptors (Lipinski definition) is 3. The Balaban J connectivity index is 2.16. The third-order valence-corrected chi connectivity index (χ3v) is 3.02. The molecule has 0 fully saturated rings. The smallest absolute Gasteiger partial charge is 0.162 e. The molecule has 0 amide bonds. The van der Waals surface area contributed by atoms with Gasteiger partial charge in [-0.3, -0.25) is 0 Å². The summed E-state index contributed by atoms with van der Waals surface area (Å²) < 4.78 is 7.63. The monoisotopic (exact) mass is 229 g/mol. The van der Waals surface area contributed by atoms with E-state index < -0.39 is 0 Å². The van der Waals surface area contributed by atoms with E-state index in [0.29, 0.717) is 6.04 Å². The SMILES string of the molecule is CC(C)n1ncnc1-c1cccc2c1OCC2. The van der Waals surface area contributed by atoms with Crippen molar-refractivity contribution >= 4 is 0 Å². The van der Waals surface area contributed by atoms with Crippen LogP contribution in [-0.2, 0) is 6.42 Å². The summed E-state index contributed by atoms with van der Waals surface area (Å²) in [6, 6.07) is 6.52. The van der Waals surface area contributed by atoms with Crippen LogP contribution in [0.15, 0.2) is 24.5 Å². The van der Waals surface area contributed by atoms with E-state index in [1.807, 2.05) is 10.7 Å². The van der Waals surface area contributed by atoms with Crippen LogP contribution in [0.25, 0.3) is 11.4 Å². The Hall–Kier alpha value is -1.84. The van der Waals surface area contributed by atoms with E-state index in [-0.39, 0.29) is 0 Å². The lowest BCUT2D eigenvalue weighted by Gasteiger charge is -2.11. The van der Waals surface area contributed by atoms with Crippen molar-refractivity contribution in [3.05, 3.63) is 30.1 Å². The Bertz CT molecular complexity index is 545. The molecule has 0 spiro atoms. The molecule has 0 atom stereocenters. The summed E-state index contributed by atoms with van der Waals surface area (Å²) in [4.78, 5) is 4.36. The molecule has 0 radical (unpaired) electrons. The predicted molar refractivity (Wildman–Crippen MR) is 65.0 cm³/mol. The van der Waals surface area contributed by atoms with Crippen molar-refractivity contribution in [2.24, 2.45) is 0 Å². The Morgan fingerprint density at radius 2 is 2.24 bits per heavy atom. The van der Waals surface area contributed by atoms with E-state index in [2.05, 4.69) is 36.1 Å². The zero-order chi connectivity index (χ0) is 11.8. The molecule has 1 aliphatic rings. The van der Waals surface area contributed by atoms with Gasteiger partial charge in [-0.1, -0.05) is 12.1 Å². The van der Waals surface area contributed by atoms with E-state index in [1.54, 1.807) is 6.33 Å². The summed E-state index contributed by atoms with van der Waals surface area (Å²) in [5.74, 6) is 1.86. The summed E-state index contributed by atoms with van der Waals surface area (Å²) in [5, 5.41) is 4.27. The maximum absolute atomic E-state index is 5.71. The average Bonchev–Trinajstić information content (AvgIpc) is 2.97. The highest BCUT2D eigenvalue weighted by Gasteiger charge is 2.20. The zero-order valence-corrected chi connectivity index (χ0v) is 10.1. The van der Waals surface area contributed by atoms with Gasteiger partial charge in [0.05, 0.1) is 12.2 Å². The van der Waals surface area contributed by atoms with Crippen LogP contribution in [0.2, 0.25) is 0 Å². The molecule has 0 saturated carbocycles. The van der Waals surface area contributed by atoms with Crippen LogP contribution in [0.3, 0.4) is 0 Å². The second-order valence-electron chi connectivity index (χ2n) is 4.51. The molecule has 4 heteroatoms. The fraction of sp³-hybridized carbons (Fsp3) is 0.385. The molecule has 3 rings (SSSR count). The third-order valence-electron chi connectivity index (χ3n) is 3.02. The van der Waals surface area contributed by atoms with Gasteiger partial charge in [-0.05, 0) is 25.5 Å². The molecule has 0 bridgehead atoms. The number of fused-ring (bicyclic) bond motifs is 1. The normalized spacial score (nSPS) is 13.8. The number of rotatable bonds is 2. The van der Waals surface area contributed by atoms with Gasteiger partial charge in [-0.25, -0.2) is 9.67 Å². The predicted octanol–water partition coefficient (Wildman–Crippen LogP) is 2.46. The summed E-state index contributed by atoms with van der Waals surface area (Å²) in [7, 11) is 0. The van der Waals surface area contributed by atoms with Crippen LogP contribution in [0.4, 0.5) is 0 Å². The molecule has 0 N–H and O–H groups in total. The van der Waals surface area contributed by atoms with Crippen LogP contribution in [0.5, 0.6) is 5.75 Å². The van der Waals surface area contributed by atoms with E-state index in [4.69, 9.17) is 4.74 Å². The van der Waals surface area contributed by atoms with Gasteiger partial charge in [0.25, 0.3) is 0 Å². The molecule has 4 nitrogen and oxygen atoms in total. The summed E-state index contributed by atoms with van der Waals surface area (Å²) >= 11 is 0. The number of hydrogen-bond donors (Lipinski definition) is 0. The fourth-order valence-electron chi connectivity index (χ4n) is 2.21. The highest BCUT2D eigenvalue weighted by Crippen LogP contribution is 2.36. The van der Waals surface area contributed by atoms with Gasteiger partial charge >= 0.3 is 0 Å². The molecule has 1 aromatic heterocycles. The first-order valence-corrected chi connectivity index (χ1v) is 5.92. The zero-order valence-electron chi connectivity index (χ0n) is 10.1. The van der Waals surface area contributed by atoms with Crippen LogP contribution >= 0.6 is 0 Å². The molecule has 2 aromatic rings. The van der Waals surface area contributed by atoms with E-state index in [0.717, 1.165) is 30.2 Å². The molecule has 1 aliphatic heterocycles. The Morgan fingerprint density at radius 3 is 3.06 bits per heavy atom. The molecule has 0 aliphatic carbocycles. The Kier molecular flexibility index (Phi) is 2.35. The molecule has 1 aromatic carbocycles. The lowest BCUT2D eigenvalue weighted by molar-refractivity contribution is 0.357. The number of para-hydroxylation sites is 1. The topological polar surface area (TPSA) is 39.9 Å². The first-order valence-electron chi connectivity index (χ1n) is 5.92. The first kappa shape index (κ1) is 10.3. The lowest BCUT2D eigenvalue weighted by Crippen LogP contribution is -2.05. The van der Waals surface area contributed by atoms with E-state index in [1.165, 1.54) is 5.56 Å². The van der Waals surface area contributed by atoms with Crippen molar-refractivity contribution in [1.29, 1.82) is 0 Å². The van der Waals surface area contributed by atoms with Gasteiger partial charge in [-0.15, -0.1) is 0 Å². The van der Waals surface area contributed by atoms with Crippen LogP contribution in [0.1, 0.15) is 25.5 Å². The minimum Gasteiger partial charge on any atom is -0.492 e. The number of aromatic nitrogens is 3. The molecular formula is C13H15N3O. The van der Waals surface area contributed by atoms with Crippen molar-refractivity contribution in [2.45, 2.75) is 26.3 Å². The second-order valence-corrected chi connectivity index (χ2v) is 4.51. The molecule has 0 saturated heterocycles. The maximum Gasteiger partial charge on any atom is 0.162 e. The summed E-state index contributed by atoms with van der Waals surface area (Å²) in [5.41, 5.74) is 2.31. The van der Waals surface area contributed by atoms with E-state index in [9.17, 15) is 0 Å². The van der Waals surface area contributed by atoms with Crippen molar-refractivity contribution in [2.75, 3.05) is 6.61 Å². The van der Waals surface area contributed by atoms with Gasteiger partial charge in [0, 0.05) is 12.5 Å². The minimum atomic E-state index is 0.296. The number of nitrogens with zero attached hydrogens (tertiary/aromatic N) is 3. The third kappa shape index (κ3) is 1.60. The fourth-order valence-corrected chi connectivity index (χ4v) is 2.21. The number of ether oxygens (including phenoxy) is 1. The summed E-state index contributed by atoms with van der Waals surface area (Å²) in [6.07, 6.45) is 2.59. The van der Waals surface area contributed by atoms with Crippen LogP contribution in [0, 0.1) is 0 Å². The molecular weight excluding hydrogens is 214 g/mol. The van der Waals surface area contributed by atoms with Gasteiger partial charge in [0.1, 0.15) is 12.1 Å². The molecule has 2 heterocycles. The Morgan fingerprint density at radius 1 is 1.35 bits per heavy atom. The molecule has 17 heavy (non-hydrogen) atoms. The average molecular weight is 229 g/mol. The van der Waals surface area contributed by atoms with Crippen LogP contribution < -0.4 is 4.74 Å². The minimum absolute atomic E-state index is 0.296. The quantitative estimate of drug-likeness (QED) is 0.794. The van der Waals surface area contributed by atoms with Crippen molar-refractivity contribution in [3.8, 4) is 17.1 Å². The summed E-state index contributed by atoms with van der Waals surface area (Å²) in [6.45, 7) is 4.96. The van der Waals surface area contributed by atoms with E-state index >= 15 is 0 Å². The number of benzene rings is 1. The maximum atomic E-state index is 5.71. The van der Waals surface area contributed by atoms with Gasteiger partial charge in [-0.2, -0.15) is 5.10 Å².